The monoisotopic (exact) mass is 313 g/mol. The van der Waals surface area contributed by atoms with Crippen molar-refractivity contribution in [3.8, 4) is 0 Å². The molecular weight excluding hydrogens is 298 g/mol. The Morgan fingerprint density at radius 1 is 1.23 bits per heavy atom. The number of amides is 1. The van der Waals surface area contributed by atoms with Gasteiger partial charge in [0, 0.05) is 11.6 Å². The highest BCUT2D eigenvalue weighted by Crippen LogP contribution is 2.39. The molecule has 1 N–H and O–H groups in total. The Kier molecular flexibility index (Phi) is 2.97. The number of carbonyl (C=O) groups excluding carboxylic acids is 1. The summed E-state index contributed by atoms with van der Waals surface area (Å²) in [5.74, 6) is 1.12. The van der Waals surface area contributed by atoms with E-state index in [1.54, 1.807) is 4.52 Å². The fraction of sp³-hybridized carbons (Fsp3) is 0.333. The number of nitrogens with one attached hydrogen (secondary N) is 1. The Labute approximate surface area is 131 Å². The molecule has 1 aromatic carbocycles. The van der Waals surface area contributed by atoms with Gasteiger partial charge in [0.2, 0.25) is 9.97 Å². The lowest BCUT2D eigenvalue weighted by Gasteiger charge is -2.05. The van der Waals surface area contributed by atoms with Crippen LogP contribution in [0.4, 0.5) is 5.69 Å². The highest BCUT2D eigenvalue weighted by atomic mass is 32.1. The molecule has 1 aliphatic carbocycles. The van der Waals surface area contributed by atoms with Gasteiger partial charge in [0.25, 0.3) is 5.91 Å². The van der Waals surface area contributed by atoms with Gasteiger partial charge in [-0.05, 0) is 49.9 Å². The van der Waals surface area contributed by atoms with Crippen LogP contribution in [0.5, 0.6) is 0 Å². The Bertz CT molecular complexity index is 857. The van der Waals surface area contributed by atoms with Crippen molar-refractivity contribution in [1.82, 2.24) is 19.8 Å². The summed E-state index contributed by atoms with van der Waals surface area (Å²) in [4.78, 5) is 13.0. The van der Waals surface area contributed by atoms with Crippen molar-refractivity contribution in [2.45, 2.75) is 32.6 Å². The molecule has 0 saturated heterocycles. The molecule has 0 atom stereocenters. The van der Waals surface area contributed by atoms with E-state index in [1.165, 1.54) is 11.3 Å². The summed E-state index contributed by atoms with van der Waals surface area (Å²) >= 11 is 1.27. The lowest BCUT2D eigenvalue weighted by Crippen LogP contribution is -2.12. The number of hydrogen-bond donors (Lipinski definition) is 1. The zero-order chi connectivity index (χ0) is 15.3. The van der Waals surface area contributed by atoms with Crippen LogP contribution < -0.4 is 5.32 Å². The van der Waals surface area contributed by atoms with Crippen LogP contribution in [0, 0.1) is 13.8 Å². The van der Waals surface area contributed by atoms with E-state index in [4.69, 9.17) is 0 Å². The van der Waals surface area contributed by atoms with Crippen molar-refractivity contribution >= 4 is 27.9 Å². The van der Waals surface area contributed by atoms with Crippen molar-refractivity contribution in [2.24, 2.45) is 0 Å². The molecular formula is C15H15N5OS. The van der Waals surface area contributed by atoms with E-state index < -0.39 is 0 Å². The molecule has 2 heterocycles. The number of rotatable bonds is 3. The van der Waals surface area contributed by atoms with Crippen molar-refractivity contribution in [3.63, 3.8) is 0 Å². The summed E-state index contributed by atoms with van der Waals surface area (Å²) in [6.45, 7) is 4.02. The van der Waals surface area contributed by atoms with E-state index in [2.05, 4.69) is 26.7 Å². The van der Waals surface area contributed by atoms with Crippen LogP contribution in [0.2, 0.25) is 0 Å². The van der Waals surface area contributed by atoms with Crippen LogP contribution in [0.15, 0.2) is 18.2 Å². The van der Waals surface area contributed by atoms with Crippen LogP contribution in [0.25, 0.3) is 4.96 Å². The predicted octanol–water partition coefficient (Wildman–Crippen LogP) is 2.93. The van der Waals surface area contributed by atoms with Gasteiger partial charge in [-0.3, -0.25) is 4.79 Å². The van der Waals surface area contributed by atoms with Crippen molar-refractivity contribution in [2.75, 3.05) is 5.32 Å². The zero-order valence-electron chi connectivity index (χ0n) is 12.3. The molecule has 7 heteroatoms. The number of nitrogens with zero attached hydrogens (tertiary/aromatic N) is 4. The molecule has 0 radical (unpaired) electrons. The summed E-state index contributed by atoms with van der Waals surface area (Å²) in [5.41, 5.74) is 3.02. The average Bonchev–Trinajstić information content (AvgIpc) is 3.06. The van der Waals surface area contributed by atoms with Gasteiger partial charge in [-0.25, -0.2) is 0 Å². The molecule has 112 valence electrons. The number of fused-ring (bicyclic) bond motifs is 1. The zero-order valence-corrected chi connectivity index (χ0v) is 13.1. The first-order chi connectivity index (χ1) is 10.6. The molecule has 2 aromatic heterocycles. The number of aryl methyl sites for hydroxylation is 2. The lowest BCUT2D eigenvalue weighted by molar-refractivity contribution is 0.102. The molecule has 1 saturated carbocycles. The topological polar surface area (TPSA) is 72.2 Å². The summed E-state index contributed by atoms with van der Waals surface area (Å²) in [5, 5.41) is 15.9. The molecule has 4 rings (SSSR count). The van der Waals surface area contributed by atoms with Crippen LogP contribution >= 0.6 is 11.3 Å². The van der Waals surface area contributed by atoms with Gasteiger partial charge in [0.05, 0.1) is 0 Å². The van der Waals surface area contributed by atoms with Crippen LogP contribution in [-0.4, -0.2) is 25.7 Å². The van der Waals surface area contributed by atoms with E-state index in [0.717, 1.165) is 35.5 Å². The van der Waals surface area contributed by atoms with E-state index in [0.29, 0.717) is 15.9 Å². The van der Waals surface area contributed by atoms with Crippen molar-refractivity contribution in [1.29, 1.82) is 0 Å². The van der Waals surface area contributed by atoms with Gasteiger partial charge in [-0.2, -0.15) is 4.52 Å². The minimum atomic E-state index is -0.206. The molecule has 1 aliphatic rings. The van der Waals surface area contributed by atoms with E-state index in [9.17, 15) is 4.79 Å². The normalized spacial score (nSPS) is 14.5. The average molecular weight is 313 g/mol. The largest absolute Gasteiger partial charge is 0.320 e. The second-order valence-electron chi connectivity index (χ2n) is 5.76. The molecule has 6 nitrogen and oxygen atoms in total. The minimum Gasteiger partial charge on any atom is -0.320 e. The Hall–Kier alpha value is -2.28. The summed E-state index contributed by atoms with van der Waals surface area (Å²) in [7, 11) is 0. The summed E-state index contributed by atoms with van der Waals surface area (Å²) in [6, 6.07) is 5.96. The third-order valence-corrected chi connectivity index (χ3v) is 4.53. The summed E-state index contributed by atoms with van der Waals surface area (Å²) < 4.78 is 1.71. The maximum absolute atomic E-state index is 12.4. The smallest absolute Gasteiger partial charge is 0.286 e. The maximum Gasteiger partial charge on any atom is 0.286 e. The van der Waals surface area contributed by atoms with E-state index >= 15 is 0 Å². The third-order valence-electron chi connectivity index (χ3n) is 3.63. The van der Waals surface area contributed by atoms with Gasteiger partial charge in [0.15, 0.2) is 5.82 Å². The lowest BCUT2D eigenvalue weighted by atomic mass is 10.1. The minimum absolute atomic E-state index is 0.206. The first kappa shape index (κ1) is 13.4. The third kappa shape index (κ3) is 2.37. The summed E-state index contributed by atoms with van der Waals surface area (Å²) in [6.07, 6.45) is 2.25. The Balaban J connectivity index is 1.62. The quantitative estimate of drug-likeness (QED) is 0.807. The van der Waals surface area contributed by atoms with E-state index in [-0.39, 0.29) is 5.91 Å². The number of aromatic nitrogens is 4. The fourth-order valence-electron chi connectivity index (χ4n) is 2.55. The highest BCUT2D eigenvalue weighted by molar-refractivity contribution is 7.18. The fourth-order valence-corrected chi connectivity index (χ4v) is 3.29. The molecule has 22 heavy (non-hydrogen) atoms. The van der Waals surface area contributed by atoms with Gasteiger partial charge in [-0.15, -0.1) is 15.3 Å². The Morgan fingerprint density at radius 3 is 2.64 bits per heavy atom. The van der Waals surface area contributed by atoms with Gasteiger partial charge < -0.3 is 5.32 Å². The molecule has 0 aliphatic heterocycles. The second-order valence-corrected chi connectivity index (χ2v) is 6.72. The van der Waals surface area contributed by atoms with Crippen LogP contribution in [0.3, 0.4) is 0 Å². The molecule has 0 unspecified atom stereocenters. The van der Waals surface area contributed by atoms with Gasteiger partial charge in [0.1, 0.15) is 0 Å². The molecule has 3 aromatic rings. The molecule has 1 amide bonds. The number of hydrogen-bond acceptors (Lipinski definition) is 5. The molecule has 1 fully saturated rings. The predicted molar refractivity (Wildman–Crippen MR) is 84.5 cm³/mol. The number of anilines is 1. The first-order valence-corrected chi connectivity index (χ1v) is 8.03. The number of benzene rings is 1. The molecule has 0 spiro atoms. The van der Waals surface area contributed by atoms with Gasteiger partial charge >= 0.3 is 0 Å². The van der Waals surface area contributed by atoms with E-state index in [1.807, 2.05) is 26.0 Å². The van der Waals surface area contributed by atoms with Crippen molar-refractivity contribution in [3.05, 3.63) is 40.2 Å². The van der Waals surface area contributed by atoms with Crippen LogP contribution in [0.1, 0.15) is 45.5 Å². The maximum atomic E-state index is 12.4. The second kappa shape index (κ2) is 4.88. The van der Waals surface area contributed by atoms with Gasteiger partial charge in [-0.1, -0.05) is 17.4 Å². The number of carbonyl (C=O) groups is 1. The SMILES string of the molecule is Cc1cc(C)cc(NC(=O)c2nn3c(C4CC4)nnc3s2)c1. The Morgan fingerprint density at radius 2 is 1.95 bits per heavy atom. The highest BCUT2D eigenvalue weighted by Gasteiger charge is 2.30. The van der Waals surface area contributed by atoms with Crippen LogP contribution in [-0.2, 0) is 0 Å². The standard InChI is InChI=1S/C15H15N5OS/c1-8-5-9(2)7-11(6-8)16-13(21)14-19-20-12(10-3-4-10)17-18-15(20)22-14/h5-7,10H,3-4H2,1-2H3,(H,16,21). The van der Waals surface area contributed by atoms with Crippen molar-refractivity contribution < 1.29 is 4.79 Å². The molecule has 0 bridgehead atoms. The first-order valence-electron chi connectivity index (χ1n) is 7.22.